The molecule has 0 aliphatic carbocycles. The van der Waals surface area contributed by atoms with Crippen LogP contribution < -0.4 is 0 Å². The van der Waals surface area contributed by atoms with Gasteiger partial charge in [-0.05, 0) is 4.75 Å². The van der Waals surface area contributed by atoms with Gasteiger partial charge < -0.3 is 0 Å². The van der Waals surface area contributed by atoms with E-state index in [1.54, 1.807) is 0 Å². The molecule has 0 spiro atoms. The van der Waals surface area contributed by atoms with Crippen LogP contribution in [0.25, 0.3) is 0 Å². The van der Waals surface area contributed by atoms with Gasteiger partial charge in [0, 0.05) is 0 Å². The van der Waals surface area contributed by atoms with Gasteiger partial charge in [-0.3, -0.25) is 0 Å². The van der Waals surface area contributed by atoms with Gasteiger partial charge in [0.15, 0.2) is 0 Å². The van der Waals surface area contributed by atoms with E-state index in [2.05, 4.69) is 46.2 Å². The molecule has 0 aromatic rings. The highest BCUT2D eigenvalue weighted by Gasteiger charge is 2.21. The van der Waals surface area contributed by atoms with Crippen LogP contribution in [-0.4, -0.2) is 10.7 Å². The van der Waals surface area contributed by atoms with E-state index in [-0.39, 0.29) is 0 Å². The van der Waals surface area contributed by atoms with Crippen molar-refractivity contribution in [1.29, 1.82) is 0 Å². The molecule has 0 unspecified atom stereocenters. The Kier molecular flexibility index (Phi) is 7.90. The third-order valence-electron chi connectivity index (χ3n) is 2.28. The molecule has 0 N–H and O–H groups in total. The fraction of sp³-hybridized carbons (Fsp3) is 1.00. The molecule has 0 saturated heterocycles. The van der Waals surface area contributed by atoms with Gasteiger partial charge in [0.25, 0.3) is 0 Å². The van der Waals surface area contributed by atoms with Crippen LogP contribution in [0.4, 0.5) is 0 Å². The van der Waals surface area contributed by atoms with E-state index in [1.807, 2.05) is 0 Å². The van der Waals surface area contributed by atoms with Gasteiger partial charge in [-0.15, -0.1) is 0 Å². The highest BCUT2D eigenvalue weighted by Crippen LogP contribution is 2.31. The van der Waals surface area contributed by atoms with Crippen molar-refractivity contribution < 1.29 is 0 Å². The van der Waals surface area contributed by atoms with Crippen LogP contribution in [-0.2, 0) is 0 Å². The normalized spacial score (nSPS) is 11.8. The molecule has 0 rings (SSSR count). The molecule has 0 aromatic heterocycles. The monoisotopic (exact) mass is 214 g/mol. The van der Waals surface area contributed by atoms with E-state index in [1.165, 1.54) is 38.3 Å². The van der Waals surface area contributed by atoms with E-state index >= 15 is 0 Å². The summed E-state index contributed by atoms with van der Waals surface area (Å²) < 4.78 is 0.437. The first-order chi connectivity index (χ1) is 6.49. The largest absolute Gasteiger partial charge is 0.210 e. The molecular weight excluding hydrogens is 187 g/mol. The molecule has 0 aromatic carbocycles. The molecule has 0 fully saturated rings. The molecule has 0 atom stereocenters. The molecule has 0 bridgehead atoms. The van der Waals surface area contributed by atoms with Gasteiger partial charge in [0.1, 0.15) is 0 Å². The molecule has 0 radical (unpaired) electrons. The van der Waals surface area contributed by atoms with Crippen LogP contribution in [0.1, 0.15) is 60.3 Å². The van der Waals surface area contributed by atoms with E-state index < -0.39 is 0 Å². The SMILES string of the molecule is CCCCB(CCCC)SC(C)(C)C. The highest BCUT2D eigenvalue weighted by atomic mass is 32.2. The molecule has 0 saturated carbocycles. The predicted octanol–water partition coefficient (Wildman–Crippen LogP) is 5.11. The Morgan fingerprint density at radius 1 is 0.929 bits per heavy atom. The lowest BCUT2D eigenvalue weighted by atomic mass is 9.66. The Balaban J connectivity index is 3.84. The van der Waals surface area contributed by atoms with E-state index in [0.29, 0.717) is 4.75 Å². The van der Waals surface area contributed by atoms with Crippen molar-refractivity contribution in [3.8, 4) is 0 Å². The number of hydrogen-bond donors (Lipinski definition) is 0. The molecular formula is C12H27BS. The molecule has 2 heteroatoms. The van der Waals surface area contributed by atoms with Gasteiger partial charge in [0.2, 0.25) is 5.99 Å². The third-order valence-corrected chi connectivity index (χ3v) is 3.79. The smallest absolute Gasteiger partial charge is 0.204 e. The summed E-state index contributed by atoms with van der Waals surface area (Å²) in [6.07, 6.45) is 8.31. The molecule has 0 heterocycles. The molecule has 0 aliphatic rings. The van der Waals surface area contributed by atoms with Gasteiger partial charge >= 0.3 is 0 Å². The lowest BCUT2D eigenvalue weighted by molar-refractivity contribution is 0.806. The Labute approximate surface area is 95.6 Å². The zero-order valence-electron chi connectivity index (χ0n) is 10.7. The van der Waals surface area contributed by atoms with Crippen molar-refractivity contribution in [1.82, 2.24) is 0 Å². The maximum Gasteiger partial charge on any atom is 0.210 e. The number of rotatable bonds is 7. The van der Waals surface area contributed by atoms with Gasteiger partial charge in [-0.1, -0.05) is 72.9 Å². The summed E-state index contributed by atoms with van der Waals surface area (Å²) in [5.41, 5.74) is 0. The summed E-state index contributed by atoms with van der Waals surface area (Å²) in [6.45, 7) is 11.6. The standard InChI is InChI=1S/C12H27BS/c1-6-8-10-13(11-9-7-2)14-12(3,4)5/h6-11H2,1-5H3. The second-order valence-electron chi connectivity index (χ2n) is 5.14. The maximum atomic E-state index is 2.34. The number of hydrogen-bond acceptors (Lipinski definition) is 1. The topological polar surface area (TPSA) is 0 Å². The molecule has 84 valence electrons. The van der Waals surface area contributed by atoms with Crippen molar-refractivity contribution >= 4 is 17.6 Å². The van der Waals surface area contributed by atoms with E-state index in [0.717, 1.165) is 5.99 Å². The van der Waals surface area contributed by atoms with Crippen molar-refractivity contribution in [3.63, 3.8) is 0 Å². The first kappa shape index (κ1) is 14.4. The first-order valence-corrected chi connectivity index (χ1v) is 7.05. The molecule has 14 heavy (non-hydrogen) atoms. The second-order valence-corrected chi connectivity index (χ2v) is 7.26. The zero-order chi connectivity index (χ0) is 11.0. The lowest BCUT2D eigenvalue weighted by Crippen LogP contribution is -2.18. The fourth-order valence-electron chi connectivity index (χ4n) is 1.63. The highest BCUT2D eigenvalue weighted by molar-refractivity contribution is 8.26. The summed E-state index contributed by atoms with van der Waals surface area (Å²) in [5.74, 6) is 0.898. The van der Waals surface area contributed by atoms with Gasteiger partial charge in [0.05, 0.1) is 0 Å². The fourth-order valence-corrected chi connectivity index (χ4v) is 3.19. The van der Waals surface area contributed by atoms with Crippen LogP contribution in [0.5, 0.6) is 0 Å². The van der Waals surface area contributed by atoms with Gasteiger partial charge in [-0.2, -0.15) is 0 Å². The Morgan fingerprint density at radius 3 is 1.64 bits per heavy atom. The minimum absolute atomic E-state index is 0.437. The van der Waals surface area contributed by atoms with Crippen molar-refractivity contribution in [2.45, 2.75) is 77.7 Å². The van der Waals surface area contributed by atoms with E-state index in [9.17, 15) is 0 Å². The first-order valence-electron chi connectivity index (χ1n) is 6.17. The summed E-state index contributed by atoms with van der Waals surface area (Å²) in [7, 11) is 0. The summed E-state index contributed by atoms with van der Waals surface area (Å²) >= 11 is 2.18. The summed E-state index contributed by atoms with van der Waals surface area (Å²) in [6, 6.07) is 0. The minimum atomic E-state index is 0.437. The molecule has 0 aliphatic heterocycles. The van der Waals surface area contributed by atoms with E-state index in [4.69, 9.17) is 0 Å². The molecule has 0 amide bonds. The Morgan fingerprint density at radius 2 is 1.36 bits per heavy atom. The second kappa shape index (κ2) is 7.67. The van der Waals surface area contributed by atoms with Crippen LogP contribution in [0, 0.1) is 0 Å². The van der Waals surface area contributed by atoms with Crippen LogP contribution in [0.3, 0.4) is 0 Å². The average molecular weight is 214 g/mol. The van der Waals surface area contributed by atoms with Gasteiger partial charge in [-0.25, -0.2) is 11.6 Å². The summed E-state index contributed by atoms with van der Waals surface area (Å²) in [4.78, 5) is 0. The van der Waals surface area contributed by atoms with Crippen molar-refractivity contribution in [3.05, 3.63) is 0 Å². The molecule has 0 nitrogen and oxygen atoms in total. The Hall–Kier alpha value is 0.415. The average Bonchev–Trinajstić information content (AvgIpc) is 2.07. The van der Waals surface area contributed by atoms with Crippen LogP contribution in [0.15, 0.2) is 0 Å². The maximum absolute atomic E-state index is 2.34. The minimum Gasteiger partial charge on any atom is -0.204 e. The van der Waals surface area contributed by atoms with Crippen LogP contribution in [0.2, 0.25) is 12.6 Å². The number of unbranched alkanes of at least 4 members (excludes halogenated alkanes) is 2. The van der Waals surface area contributed by atoms with Crippen molar-refractivity contribution in [2.24, 2.45) is 0 Å². The quantitative estimate of drug-likeness (QED) is 0.530. The summed E-state index contributed by atoms with van der Waals surface area (Å²) in [5, 5.41) is 0. The zero-order valence-corrected chi connectivity index (χ0v) is 11.5. The van der Waals surface area contributed by atoms with Crippen LogP contribution >= 0.6 is 11.6 Å². The van der Waals surface area contributed by atoms with Crippen molar-refractivity contribution in [2.75, 3.05) is 0 Å². The predicted molar refractivity (Wildman–Crippen MR) is 72.5 cm³/mol. The third kappa shape index (κ3) is 8.99. The lowest BCUT2D eigenvalue weighted by Gasteiger charge is -2.23. The Bertz CT molecular complexity index is 121.